The van der Waals surface area contributed by atoms with Gasteiger partial charge >= 0.3 is 18.3 Å². The van der Waals surface area contributed by atoms with E-state index < -0.39 is 47.0 Å². The molecule has 2 aromatic carbocycles. The number of aryl methyl sites for hydroxylation is 2. The quantitative estimate of drug-likeness (QED) is 0.527. The Labute approximate surface area is 174 Å². The van der Waals surface area contributed by atoms with Crippen molar-refractivity contribution in [3.63, 3.8) is 0 Å². The van der Waals surface area contributed by atoms with E-state index in [2.05, 4.69) is 10.1 Å². The molecular weight excluding hydrogens is 428 g/mol. The van der Waals surface area contributed by atoms with Crippen LogP contribution in [0.15, 0.2) is 36.4 Å². The maximum atomic E-state index is 13.0. The number of esters is 1. The van der Waals surface area contributed by atoms with Crippen molar-refractivity contribution >= 4 is 11.9 Å². The maximum Gasteiger partial charge on any atom is 0.416 e. The van der Waals surface area contributed by atoms with Crippen LogP contribution >= 0.6 is 0 Å². The van der Waals surface area contributed by atoms with Gasteiger partial charge in [0.25, 0.3) is 5.91 Å². The number of benzene rings is 2. The monoisotopic (exact) mass is 447 g/mol. The van der Waals surface area contributed by atoms with E-state index in [4.69, 9.17) is 0 Å². The molecule has 0 radical (unpaired) electrons. The molecule has 0 spiro atoms. The molecule has 168 valence electrons. The summed E-state index contributed by atoms with van der Waals surface area (Å²) in [6.45, 7) is 3.53. The molecule has 0 aliphatic rings. The zero-order valence-electron chi connectivity index (χ0n) is 16.7. The van der Waals surface area contributed by atoms with E-state index in [1.54, 1.807) is 32.0 Å². The highest BCUT2D eigenvalue weighted by Crippen LogP contribution is 2.36. The second kappa shape index (κ2) is 8.99. The van der Waals surface area contributed by atoms with Gasteiger partial charge < -0.3 is 10.1 Å². The van der Waals surface area contributed by atoms with Crippen LogP contribution in [-0.2, 0) is 28.3 Å². The average molecular weight is 447 g/mol. The van der Waals surface area contributed by atoms with Gasteiger partial charge in [0, 0.05) is 12.0 Å². The van der Waals surface area contributed by atoms with Crippen LogP contribution in [-0.4, -0.2) is 25.0 Å². The minimum atomic E-state index is -5.10. The number of ether oxygens (including phenoxy) is 1. The molecule has 0 bridgehead atoms. The van der Waals surface area contributed by atoms with E-state index in [0.29, 0.717) is 17.7 Å². The molecule has 0 fully saturated rings. The Hall–Kier alpha value is -3.04. The van der Waals surface area contributed by atoms with Gasteiger partial charge in [-0.2, -0.15) is 26.3 Å². The van der Waals surface area contributed by atoms with Crippen molar-refractivity contribution in [1.29, 1.82) is 0 Å². The van der Waals surface area contributed by atoms with Gasteiger partial charge in [0.15, 0.2) is 0 Å². The number of hydrogen-bond donors (Lipinski definition) is 1. The summed E-state index contributed by atoms with van der Waals surface area (Å²) in [6.07, 6.45) is -10.3. The Morgan fingerprint density at radius 2 is 1.42 bits per heavy atom. The van der Waals surface area contributed by atoms with Crippen LogP contribution in [0, 0.1) is 13.8 Å². The van der Waals surface area contributed by atoms with Crippen LogP contribution in [0.25, 0.3) is 0 Å². The van der Waals surface area contributed by atoms with E-state index in [-0.39, 0.29) is 12.5 Å². The van der Waals surface area contributed by atoms with Gasteiger partial charge in [-0.25, -0.2) is 4.79 Å². The second-order valence-corrected chi connectivity index (χ2v) is 6.92. The Morgan fingerprint density at radius 1 is 0.935 bits per heavy atom. The lowest BCUT2D eigenvalue weighted by Gasteiger charge is -2.20. The minimum Gasteiger partial charge on any atom is -0.467 e. The van der Waals surface area contributed by atoms with Gasteiger partial charge in [-0.1, -0.05) is 18.2 Å². The van der Waals surface area contributed by atoms with Crippen molar-refractivity contribution in [3.05, 3.63) is 69.8 Å². The van der Waals surface area contributed by atoms with Gasteiger partial charge in [0.1, 0.15) is 6.04 Å². The number of hydrogen-bond acceptors (Lipinski definition) is 3. The molecule has 31 heavy (non-hydrogen) atoms. The third-order valence-electron chi connectivity index (χ3n) is 4.69. The standard InChI is InChI=1S/C21H19F6NO3/c1-11-5-4-6-12(2)16(11)10-17(19(30)31-3)28-18(29)13-7-14(20(22,23)24)9-15(8-13)21(25,26)27/h4-9,17H,10H2,1-3H3,(H,28,29)/t17-/m1/s1. The molecule has 0 saturated heterocycles. The van der Waals surface area contributed by atoms with Gasteiger partial charge in [-0.05, 0) is 48.7 Å². The van der Waals surface area contributed by atoms with E-state index in [9.17, 15) is 35.9 Å². The summed E-state index contributed by atoms with van der Waals surface area (Å²) >= 11 is 0. The Kier molecular flexibility index (Phi) is 7.03. The number of amides is 1. The molecule has 0 saturated carbocycles. The molecule has 4 nitrogen and oxygen atoms in total. The number of carbonyl (C=O) groups is 2. The molecule has 0 unspecified atom stereocenters. The third kappa shape index (κ3) is 5.99. The normalized spacial score (nSPS) is 12.9. The van der Waals surface area contributed by atoms with E-state index in [1.807, 2.05) is 0 Å². The van der Waals surface area contributed by atoms with Gasteiger partial charge in [-0.3, -0.25) is 4.79 Å². The highest BCUT2D eigenvalue weighted by molar-refractivity contribution is 5.97. The highest BCUT2D eigenvalue weighted by Gasteiger charge is 2.38. The fraction of sp³-hybridized carbons (Fsp3) is 0.333. The maximum absolute atomic E-state index is 13.0. The third-order valence-corrected chi connectivity index (χ3v) is 4.69. The first-order valence-electron chi connectivity index (χ1n) is 8.97. The first-order chi connectivity index (χ1) is 14.2. The minimum absolute atomic E-state index is 0.0536. The first kappa shape index (κ1) is 24.2. The topological polar surface area (TPSA) is 55.4 Å². The summed E-state index contributed by atoms with van der Waals surface area (Å²) in [6, 6.07) is 4.52. The summed E-state index contributed by atoms with van der Waals surface area (Å²) in [4.78, 5) is 24.7. The number of nitrogens with one attached hydrogen (secondary N) is 1. The summed E-state index contributed by atoms with van der Waals surface area (Å²) in [5, 5.41) is 2.20. The summed E-state index contributed by atoms with van der Waals surface area (Å²) < 4.78 is 82.9. The van der Waals surface area contributed by atoms with E-state index in [0.717, 1.165) is 18.2 Å². The summed E-state index contributed by atoms with van der Waals surface area (Å²) in [5.74, 6) is -2.16. The van der Waals surface area contributed by atoms with E-state index >= 15 is 0 Å². The second-order valence-electron chi connectivity index (χ2n) is 6.92. The number of rotatable bonds is 5. The fourth-order valence-corrected chi connectivity index (χ4v) is 3.04. The van der Waals surface area contributed by atoms with Crippen LogP contribution in [0.2, 0.25) is 0 Å². The molecule has 1 amide bonds. The number of carbonyl (C=O) groups excluding carboxylic acids is 2. The van der Waals surface area contributed by atoms with Crippen LogP contribution in [0.1, 0.15) is 38.2 Å². The number of halogens is 6. The van der Waals surface area contributed by atoms with Crippen molar-refractivity contribution < 1.29 is 40.7 Å². The van der Waals surface area contributed by atoms with Crippen LogP contribution < -0.4 is 5.32 Å². The molecule has 2 aromatic rings. The molecule has 10 heteroatoms. The largest absolute Gasteiger partial charge is 0.467 e. The van der Waals surface area contributed by atoms with Crippen LogP contribution in [0.3, 0.4) is 0 Å². The fourth-order valence-electron chi connectivity index (χ4n) is 3.04. The highest BCUT2D eigenvalue weighted by atomic mass is 19.4. The summed E-state index contributed by atoms with van der Waals surface area (Å²) in [5.41, 5.74) is -1.85. The predicted molar refractivity (Wildman–Crippen MR) is 99.3 cm³/mol. The summed E-state index contributed by atoms with van der Waals surface area (Å²) in [7, 11) is 1.05. The van der Waals surface area contributed by atoms with Crippen molar-refractivity contribution in [2.45, 2.75) is 38.7 Å². The van der Waals surface area contributed by atoms with Crippen molar-refractivity contribution in [1.82, 2.24) is 5.32 Å². The Bertz CT molecular complexity index is 930. The SMILES string of the molecule is COC(=O)[C@@H](Cc1c(C)cccc1C)NC(=O)c1cc(C(F)(F)F)cc(C(F)(F)F)c1. The lowest BCUT2D eigenvalue weighted by Crippen LogP contribution is -2.43. The lowest BCUT2D eigenvalue weighted by molar-refractivity contribution is -0.144. The van der Waals surface area contributed by atoms with Gasteiger partial charge in [0.2, 0.25) is 0 Å². The zero-order valence-corrected chi connectivity index (χ0v) is 16.7. The first-order valence-corrected chi connectivity index (χ1v) is 8.97. The van der Waals surface area contributed by atoms with Gasteiger partial charge in [0.05, 0.1) is 18.2 Å². The molecular formula is C21H19F6NO3. The van der Waals surface area contributed by atoms with Crippen molar-refractivity contribution in [2.24, 2.45) is 0 Å². The van der Waals surface area contributed by atoms with Crippen molar-refractivity contribution in [2.75, 3.05) is 7.11 Å². The Morgan fingerprint density at radius 3 is 1.84 bits per heavy atom. The molecule has 0 aromatic heterocycles. The van der Waals surface area contributed by atoms with Gasteiger partial charge in [-0.15, -0.1) is 0 Å². The molecule has 2 rings (SSSR count). The van der Waals surface area contributed by atoms with Crippen molar-refractivity contribution in [3.8, 4) is 0 Å². The van der Waals surface area contributed by atoms with E-state index in [1.165, 1.54) is 0 Å². The van der Waals surface area contributed by atoms with Crippen LogP contribution in [0.5, 0.6) is 0 Å². The molecule has 1 atom stereocenters. The van der Waals surface area contributed by atoms with Crippen LogP contribution in [0.4, 0.5) is 26.3 Å². The average Bonchev–Trinajstić information content (AvgIpc) is 2.67. The lowest BCUT2D eigenvalue weighted by atomic mass is 9.96. The smallest absolute Gasteiger partial charge is 0.416 e. The molecule has 0 aliphatic heterocycles. The number of alkyl halides is 6. The molecule has 0 aliphatic carbocycles. The zero-order chi connectivity index (χ0) is 23.6. The Balaban J connectivity index is 2.42. The number of methoxy groups -OCH3 is 1. The molecule has 1 N–H and O–H groups in total. The molecule has 0 heterocycles. The predicted octanol–water partition coefficient (Wildman–Crippen LogP) is 4.86.